The number of hydrogen-bond acceptors (Lipinski definition) is 1. The third-order valence-electron chi connectivity index (χ3n) is 1.98. The third kappa shape index (κ3) is 3.72. The van der Waals surface area contributed by atoms with Crippen molar-refractivity contribution >= 4 is 0 Å². The molecule has 1 heterocycles. The standard InChI is InChI=1S/C9H15N.C2H6/c1-3-4-5-9-7-10-6-8(9)2;1-2/h3,10H,1,4-7H2,2H3;1-2H3. The van der Waals surface area contributed by atoms with Crippen LogP contribution < -0.4 is 5.32 Å². The molecule has 0 saturated carbocycles. The zero-order valence-corrected chi connectivity index (χ0v) is 8.61. The Balaban J connectivity index is 0.000000561. The van der Waals surface area contributed by atoms with Crippen molar-refractivity contribution in [3.05, 3.63) is 23.8 Å². The molecule has 1 nitrogen and oxygen atoms in total. The van der Waals surface area contributed by atoms with Gasteiger partial charge in [0.2, 0.25) is 0 Å². The molecule has 0 amide bonds. The van der Waals surface area contributed by atoms with Crippen molar-refractivity contribution in [3.8, 4) is 0 Å². The molecule has 12 heavy (non-hydrogen) atoms. The molecule has 0 fully saturated rings. The van der Waals surface area contributed by atoms with Crippen molar-refractivity contribution in [2.45, 2.75) is 33.6 Å². The van der Waals surface area contributed by atoms with Crippen LogP contribution in [0.3, 0.4) is 0 Å². The minimum absolute atomic E-state index is 1.09. The largest absolute Gasteiger partial charge is 0.309 e. The van der Waals surface area contributed by atoms with E-state index in [-0.39, 0.29) is 0 Å². The summed E-state index contributed by atoms with van der Waals surface area (Å²) in [6.07, 6.45) is 4.30. The highest BCUT2D eigenvalue weighted by molar-refractivity contribution is 5.20. The lowest BCUT2D eigenvalue weighted by molar-refractivity contribution is 0.838. The lowest BCUT2D eigenvalue weighted by Crippen LogP contribution is -2.08. The maximum absolute atomic E-state index is 3.70. The lowest BCUT2D eigenvalue weighted by atomic mass is 10.1. The van der Waals surface area contributed by atoms with Crippen molar-refractivity contribution in [3.63, 3.8) is 0 Å². The van der Waals surface area contributed by atoms with Crippen molar-refractivity contribution in [1.29, 1.82) is 0 Å². The van der Waals surface area contributed by atoms with Gasteiger partial charge >= 0.3 is 0 Å². The molecule has 0 saturated heterocycles. The highest BCUT2D eigenvalue weighted by Gasteiger charge is 2.07. The van der Waals surface area contributed by atoms with Crippen molar-refractivity contribution in [2.75, 3.05) is 13.1 Å². The average Bonchev–Trinajstić information content (AvgIpc) is 2.51. The summed E-state index contributed by atoms with van der Waals surface area (Å²) in [4.78, 5) is 0. The first kappa shape index (κ1) is 11.4. The molecule has 70 valence electrons. The summed E-state index contributed by atoms with van der Waals surface area (Å²) >= 11 is 0. The zero-order valence-electron chi connectivity index (χ0n) is 8.61. The second-order valence-electron chi connectivity index (χ2n) is 2.81. The van der Waals surface area contributed by atoms with Crippen LogP contribution in [0, 0.1) is 0 Å². The van der Waals surface area contributed by atoms with Gasteiger partial charge in [-0.15, -0.1) is 6.58 Å². The Morgan fingerprint density at radius 3 is 2.50 bits per heavy atom. The van der Waals surface area contributed by atoms with E-state index in [1.807, 2.05) is 19.9 Å². The van der Waals surface area contributed by atoms with Gasteiger partial charge < -0.3 is 5.32 Å². The predicted octanol–water partition coefficient (Wildman–Crippen LogP) is 2.90. The van der Waals surface area contributed by atoms with Gasteiger partial charge in [-0.1, -0.05) is 31.1 Å². The summed E-state index contributed by atoms with van der Waals surface area (Å²) in [6, 6.07) is 0. The van der Waals surface area contributed by atoms with E-state index in [0.717, 1.165) is 19.5 Å². The van der Waals surface area contributed by atoms with E-state index >= 15 is 0 Å². The topological polar surface area (TPSA) is 12.0 Å². The van der Waals surface area contributed by atoms with E-state index in [1.165, 1.54) is 12.0 Å². The summed E-state index contributed by atoms with van der Waals surface area (Å²) in [7, 11) is 0. The van der Waals surface area contributed by atoms with E-state index in [2.05, 4.69) is 18.8 Å². The highest BCUT2D eigenvalue weighted by atomic mass is 14.9. The van der Waals surface area contributed by atoms with Gasteiger partial charge in [0.15, 0.2) is 0 Å². The average molecular weight is 167 g/mol. The Hall–Kier alpha value is -0.560. The van der Waals surface area contributed by atoms with Gasteiger partial charge in [0.1, 0.15) is 0 Å². The molecule has 0 spiro atoms. The Bertz CT molecular complexity index is 156. The smallest absolute Gasteiger partial charge is 0.0170 e. The molecule has 1 N–H and O–H groups in total. The first-order valence-corrected chi connectivity index (χ1v) is 4.83. The van der Waals surface area contributed by atoms with Crippen LogP contribution in [0.2, 0.25) is 0 Å². The molecule has 0 atom stereocenters. The third-order valence-corrected chi connectivity index (χ3v) is 1.98. The number of hydrogen-bond donors (Lipinski definition) is 1. The van der Waals surface area contributed by atoms with Gasteiger partial charge in [-0.3, -0.25) is 0 Å². The number of rotatable bonds is 3. The molecule has 0 unspecified atom stereocenters. The van der Waals surface area contributed by atoms with Crippen LogP contribution >= 0.6 is 0 Å². The first-order chi connectivity index (χ1) is 5.84. The van der Waals surface area contributed by atoms with Crippen LogP contribution in [0.25, 0.3) is 0 Å². The zero-order chi connectivity index (χ0) is 9.40. The Morgan fingerprint density at radius 2 is 2.08 bits per heavy atom. The van der Waals surface area contributed by atoms with E-state index in [4.69, 9.17) is 0 Å². The second-order valence-corrected chi connectivity index (χ2v) is 2.81. The number of nitrogens with one attached hydrogen (secondary N) is 1. The van der Waals surface area contributed by atoms with Gasteiger partial charge in [0.05, 0.1) is 0 Å². The summed E-state index contributed by atoms with van der Waals surface area (Å²) in [5, 5.41) is 3.32. The first-order valence-electron chi connectivity index (χ1n) is 4.83. The van der Waals surface area contributed by atoms with Gasteiger partial charge in [0, 0.05) is 13.1 Å². The second kappa shape index (κ2) is 7.11. The molecule has 0 aromatic heterocycles. The molecule has 0 aromatic rings. The molecule has 1 aliphatic rings. The number of allylic oxidation sites excluding steroid dienone is 1. The van der Waals surface area contributed by atoms with E-state index in [0.29, 0.717) is 0 Å². The lowest BCUT2D eigenvalue weighted by Gasteiger charge is -1.98. The molecular weight excluding hydrogens is 146 g/mol. The summed E-state index contributed by atoms with van der Waals surface area (Å²) in [6.45, 7) is 12.1. The van der Waals surface area contributed by atoms with Gasteiger partial charge in [-0.25, -0.2) is 0 Å². The van der Waals surface area contributed by atoms with Crippen LogP contribution in [-0.4, -0.2) is 13.1 Å². The molecule has 0 bridgehead atoms. The minimum atomic E-state index is 1.09. The maximum Gasteiger partial charge on any atom is 0.0170 e. The van der Waals surface area contributed by atoms with Crippen molar-refractivity contribution < 1.29 is 0 Å². The minimum Gasteiger partial charge on any atom is -0.309 e. The molecule has 0 aliphatic carbocycles. The monoisotopic (exact) mass is 167 g/mol. The molecule has 1 rings (SSSR count). The van der Waals surface area contributed by atoms with Crippen LogP contribution in [0.5, 0.6) is 0 Å². The Kier molecular flexibility index (Phi) is 6.78. The highest BCUT2D eigenvalue weighted by Crippen LogP contribution is 2.14. The van der Waals surface area contributed by atoms with E-state index < -0.39 is 0 Å². The molecule has 1 aliphatic heterocycles. The van der Waals surface area contributed by atoms with Gasteiger partial charge in [-0.2, -0.15) is 0 Å². The van der Waals surface area contributed by atoms with E-state index in [1.54, 1.807) is 5.57 Å². The quantitative estimate of drug-likeness (QED) is 0.637. The van der Waals surface area contributed by atoms with Crippen LogP contribution in [0.15, 0.2) is 23.8 Å². The summed E-state index contributed by atoms with van der Waals surface area (Å²) in [5.41, 5.74) is 3.11. The van der Waals surface area contributed by atoms with Gasteiger partial charge in [-0.05, 0) is 19.8 Å². The van der Waals surface area contributed by atoms with Crippen molar-refractivity contribution in [1.82, 2.24) is 5.32 Å². The normalized spacial score (nSPS) is 15.6. The summed E-state index contributed by atoms with van der Waals surface area (Å²) < 4.78 is 0. The molecule has 1 heteroatoms. The predicted molar refractivity (Wildman–Crippen MR) is 56.3 cm³/mol. The fraction of sp³-hybridized carbons (Fsp3) is 0.636. The Morgan fingerprint density at radius 1 is 1.42 bits per heavy atom. The summed E-state index contributed by atoms with van der Waals surface area (Å²) in [5.74, 6) is 0. The van der Waals surface area contributed by atoms with Gasteiger partial charge in [0.25, 0.3) is 0 Å². The fourth-order valence-corrected chi connectivity index (χ4v) is 1.25. The Labute approximate surface area is 76.6 Å². The fourth-order valence-electron chi connectivity index (χ4n) is 1.25. The van der Waals surface area contributed by atoms with Crippen LogP contribution in [0.4, 0.5) is 0 Å². The van der Waals surface area contributed by atoms with Crippen LogP contribution in [0.1, 0.15) is 33.6 Å². The van der Waals surface area contributed by atoms with E-state index in [9.17, 15) is 0 Å². The SMILES string of the molecule is C=CCCC1=C(C)CNC1.CC. The van der Waals surface area contributed by atoms with Crippen molar-refractivity contribution in [2.24, 2.45) is 0 Å². The maximum atomic E-state index is 3.70. The molecule has 0 aromatic carbocycles. The molecule has 0 radical (unpaired) electrons. The molecular formula is C11H21N. The van der Waals surface area contributed by atoms with Crippen LogP contribution in [-0.2, 0) is 0 Å².